The summed E-state index contributed by atoms with van der Waals surface area (Å²) in [7, 11) is 0. The number of hydrogen-bond acceptors (Lipinski definition) is 2. The SMILES string of the molecule is Cc1ccnc2[nH]cc(C3CCNCC3)c12. The smallest absolute Gasteiger partial charge is 0.137 e. The highest BCUT2D eigenvalue weighted by atomic mass is 14.9. The monoisotopic (exact) mass is 215 g/mol. The lowest BCUT2D eigenvalue weighted by Crippen LogP contribution is -2.26. The normalized spacial score (nSPS) is 18.1. The number of pyridine rings is 1. The minimum absolute atomic E-state index is 0.692. The largest absolute Gasteiger partial charge is 0.346 e. The summed E-state index contributed by atoms with van der Waals surface area (Å²) in [4.78, 5) is 7.68. The van der Waals surface area contributed by atoms with Crippen molar-refractivity contribution in [2.24, 2.45) is 0 Å². The molecule has 84 valence electrons. The molecule has 3 heterocycles. The quantitative estimate of drug-likeness (QED) is 0.766. The molecule has 2 N–H and O–H groups in total. The van der Waals surface area contributed by atoms with E-state index in [4.69, 9.17) is 0 Å². The van der Waals surface area contributed by atoms with E-state index >= 15 is 0 Å². The van der Waals surface area contributed by atoms with Crippen molar-refractivity contribution in [3.63, 3.8) is 0 Å². The average molecular weight is 215 g/mol. The fourth-order valence-electron chi connectivity index (χ4n) is 2.71. The Morgan fingerprint density at radius 3 is 2.94 bits per heavy atom. The average Bonchev–Trinajstić information content (AvgIpc) is 2.75. The first kappa shape index (κ1) is 9.85. The van der Waals surface area contributed by atoms with Crippen LogP contribution < -0.4 is 5.32 Å². The summed E-state index contributed by atoms with van der Waals surface area (Å²) in [6.45, 7) is 4.44. The van der Waals surface area contributed by atoms with Crippen molar-refractivity contribution in [2.45, 2.75) is 25.7 Å². The molecule has 0 atom stereocenters. The minimum Gasteiger partial charge on any atom is -0.346 e. The number of nitrogens with one attached hydrogen (secondary N) is 2. The maximum atomic E-state index is 4.39. The molecule has 0 spiro atoms. The van der Waals surface area contributed by atoms with Crippen molar-refractivity contribution in [3.8, 4) is 0 Å². The lowest BCUT2D eigenvalue weighted by molar-refractivity contribution is 0.462. The van der Waals surface area contributed by atoms with E-state index in [2.05, 4.69) is 34.5 Å². The molecule has 0 amide bonds. The summed E-state index contributed by atoms with van der Waals surface area (Å²) in [6.07, 6.45) is 6.50. The summed E-state index contributed by atoms with van der Waals surface area (Å²) in [6, 6.07) is 2.10. The molecule has 0 aromatic carbocycles. The van der Waals surface area contributed by atoms with Crippen molar-refractivity contribution < 1.29 is 0 Å². The fourth-order valence-corrected chi connectivity index (χ4v) is 2.71. The number of hydrogen-bond donors (Lipinski definition) is 2. The Labute approximate surface area is 95.3 Å². The lowest BCUT2D eigenvalue weighted by atomic mass is 9.89. The molecule has 1 saturated heterocycles. The predicted octanol–water partition coefficient (Wildman–Crippen LogP) is 2.34. The molecule has 1 fully saturated rings. The van der Waals surface area contributed by atoms with Crippen LogP contribution in [0.25, 0.3) is 11.0 Å². The van der Waals surface area contributed by atoms with Gasteiger partial charge in [0.1, 0.15) is 5.65 Å². The predicted molar refractivity (Wildman–Crippen MR) is 65.7 cm³/mol. The Bertz CT molecular complexity index is 495. The highest BCUT2D eigenvalue weighted by Gasteiger charge is 2.19. The number of fused-ring (bicyclic) bond motifs is 1. The molecule has 3 rings (SSSR count). The molecule has 16 heavy (non-hydrogen) atoms. The van der Waals surface area contributed by atoms with Gasteiger partial charge in [-0.25, -0.2) is 4.98 Å². The molecule has 3 heteroatoms. The van der Waals surface area contributed by atoms with E-state index in [0.717, 1.165) is 18.7 Å². The van der Waals surface area contributed by atoms with Crippen LogP contribution in [0.5, 0.6) is 0 Å². The summed E-state index contributed by atoms with van der Waals surface area (Å²) >= 11 is 0. The Kier molecular flexibility index (Phi) is 2.40. The van der Waals surface area contributed by atoms with Gasteiger partial charge in [-0.3, -0.25) is 0 Å². The van der Waals surface area contributed by atoms with Crippen LogP contribution >= 0.6 is 0 Å². The third-order valence-corrected chi connectivity index (χ3v) is 3.59. The summed E-state index contributed by atoms with van der Waals surface area (Å²) in [5.41, 5.74) is 3.83. The van der Waals surface area contributed by atoms with Crippen LogP contribution in [0.3, 0.4) is 0 Å². The molecule has 0 radical (unpaired) electrons. The van der Waals surface area contributed by atoms with Crippen molar-refractivity contribution in [1.29, 1.82) is 0 Å². The summed E-state index contributed by atoms with van der Waals surface area (Å²) in [5.74, 6) is 0.692. The van der Waals surface area contributed by atoms with Crippen LogP contribution in [-0.2, 0) is 0 Å². The molecule has 2 aromatic rings. The molecule has 2 aromatic heterocycles. The number of aromatic amines is 1. The van der Waals surface area contributed by atoms with Crippen molar-refractivity contribution in [1.82, 2.24) is 15.3 Å². The third-order valence-electron chi connectivity index (χ3n) is 3.59. The van der Waals surface area contributed by atoms with Crippen LogP contribution in [0, 0.1) is 6.92 Å². The van der Waals surface area contributed by atoms with Crippen LogP contribution in [0.2, 0.25) is 0 Å². The van der Waals surface area contributed by atoms with Gasteiger partial charge in [0.2, 0.25) is 0 Å². The molecule has 0 bridgehead atoms. The van der Waals surface area contributed by atoms with Gasteiger partial charge in [-0.2, -0.15) is 0 Å². The van der Waals surface area contributed by atoms with Crippen LogP contribution in [0.1, 0.15) is 29.9 Å². The van der Waals surface area contributed by atoms with E-state index < -0.39 is 0 Å². The van der Waals surface area contributed by atoms with E-state index in [1.165, 1.54) is 29.4 Å². The zero-order valence-corrected chi connectivity index (χ0v) is 9.59. The van der Waals surface area contributed by atoms with Crippen LogP contribution in [0.4, 0.5) is 0 Å². The second-order valence-corrected chi connectivity index (χ2v) is 4.62. The second kappa shape index (κ2) is 3.91. The number of nitrogens with zero attached hydrogens (tertiary/aromatic N) is 1. The van der Waals surface area contributed by atoms with Gasteiger partial charge in [-0.1, -0.05) is 0 Å². The second-order valence-electron chi connectivity index (χ2n) is 4.62. The number of H-pyrrole nitrogens is 1. The third kappa shape index (κ3) is 1.52. The number of aromatic nitrogens is 2. The van der Waals surface area contributed by atoms with E-state index in [9.17, 15) is 0 Å². The van der Waals surface area contributed by atoms with Gasteiger partial charge in [0.05, 0.1) is 0 Å². The first-order chi connectivity index (χ1) is 7.86. The van der Waals surface area contributed by atoms with Gasteiger partial charge in [0.15, 0.2) is 0 Å². The first-order valence-electron chi connectivity index (χ1n) is 5.99. The molecule has 0 aliphatic carbocycles. The highest BCUT2D eigenvalue weighted by molar-refractivity contribution is 5.83. The molecular weight excluding hydrogens is 198 g/mol. The Hall–Kier alpha value is -1.35. The highest BCUT2D eigenvalue weighted by Crippen LogP contribution is 2.32. The van der Waals surface area contributed by atoms with E-state index in [0.29, 0.717) is 5.92 Å². The number of piperidine rings is 1. The van der Waals surface area contributed by atoms with Gasteiger partial charge < -0.3 is 10.3 Å². The maximum Gasteiger partial charge on any atom is 0.137 e. The molecule has 0 unspecified atom stereocenters. The Morgan fingerprint density at radius 2 is 2.12 bits per heavy atom. The van der Waals surface area contributed by atoms with Crippen LogP contribution in [-0.4, -0.2) is 23.1 Å². The number of aryl methyl sites for hydroxylation is 1. The molecular formula is C13H17N3. The van der Waals surface area contributed by atoms with E-state index in [1.807, 2.05) is 6.20 Å². The molecule has 0 saturated carbocycles. The zero-order chi connectivity index (χ0) is 11.0. The Morgan fingerprint density at radius 1 is 1.31 bits per heavy atom. The van der Waals surface area contributed by atoms with Crippen LogP contribution in [0.15, 0.2) is 18.5 Å². The van der Waals surface area contributed by atoms with E-state index in [1.54, 1.807) is 0 Å². The molecule has 1 aliphatic rings. The standard InChI is InChI=1S/C13H17N3/c1-9-2-7-15-13-12(9)11(8-16-13)10-3-5-14-6-4-10/h2,7-8,10,14H,3-6H2,1H3,(H,15,16). The fraction of sp³-hybridized carbons (Fsp3) is 0.462. The topological polar surface area (TPSA) is 40.7 Å². The minimum atomic E-state index is 0.692. The van der Waals surface area contributed by atoms with Crippen molar-refractivity contribution in [3.05, 3.63) is 29.6 Å². The van der Waals surface area contributed by atoms with Gasteiger partial charge in [0.25, 0.3) is 0 Å². The van der Waals surface area contributed by atoms with Gasteiger partial charge in [-0.05, 0) is 56.0 Å². The molecule has 3 nitrogen and oxygen atoms in total. The van der Waals surface area contributed by atoms with E-state index in [-0.39, 0.29) is 0 Å². The number of rotatable bonds is 1. The zero-order valence-electron chi connectivity index (χ0n) is 9.59. The summed E-state index contributed by atoms with van der Waals surface area (Å²) < 4.78 is 0. The first-order valence-corrected chi connectivity index (χ1v) is 5.99. The Balaban J connectivity index is 2.09. The van der Waals surface area contributed by atoms with Gasteiger partial charge in [-0.15, -0.1) is 0 Å². The van der Waals surface area contributed by atoms with Crippen molar-refractivity contribution >= 4 is 11.0 Å². The van der Waals surface area contributed by atoms with Gasteiger partial charge in [0, 0.05) is 17.8 Å². The molecule has 1 aliphatic heterocycles. The van der Waals surface area contributed by atoms with Crippen molar-refractivity contribution in [2.75, 3.05) is 13.1 Å². The van der Waals surface area contributed by atoms with Gasteiger partial charge >= 0.3 is 0 Å². The lowest BCUT2D eigenvalue weighted by Gasteiger charge is -2.22. The maximum absolute atomic E-state index is 4.39. The summed E-state index contributed by atoms with van der Waals surface area (Å²) in [5, 5.41) is 4.76.